The van der Waals surface area contributed by atoms with E-state index in [-0.39, 0.29) is 24.0 Å². The van der Waals surface area contributed by atoms with Crippen molar-refractivity contribution in [1.82, 2.24) is 10.3 Å². The molecule has 0 aliphatic carbocycles. The summed E-state index contributed by atoms with van der Waals surface area (Å²) in [4.78, 5) is 42.7. The number of cyclic esters (lactones) is 1. The van der Waals surface area contributed by atoms with Gasteiger partial charge in [0.25, 0.3) is 0 Å². The molecule has 6 unspecified atom stereocenters. The van der Waals surface area contributed by atoms with Crippen LogP contribution in [0.25, 0.3) is 6.08 Å². The Morgan fingerprint density at radius 1 is 1.27 bits per heavy atom. The van der Waals surface area contributed by atoms with Gasteiger partial charge in [0.05, 0.1) is 12.2 Å². The fraction of sp³-hybridized carbons (Fsp3) is 0.742. The van der Waals surface area contributed by atoms with Crippen LogP contribution >= 0.6 is 11.3 Å². The number of thiazole rings is 1. The molecule has 2 saturated heterocycles. The lowest BCUT2D eigenvalue weighted by atomic mass is 9.75. The normalized spacial score (nSPS) is 31.7. The predicted octanol–water partition coefficient (Wildman–Crippen LogP) is 4.93. The summed E-state index contributed by atoms with van der Waals surface area (Å²) in [5.41, 5.74) is 0.395. The predicted molar refractivity (Wildman–Crippen MR) is 158 cm³/mol. The number of nitrogens with zero attached hydrogens (tertiary/aromatic N) is 1. The van der Waals surface area contributed by atoms with Gasteiger partial charge in [-0.3, -0.25) is 14.4 Å². The van der Waals surface area contributed by atoms with Crippen LogP contribution in [-0.2, 0) is 30.4 Å². The molecule has 230 valence electrons. The van der Waals surface area contributed by atoms with Crippen molar-refractivity contribution in [3.63, 3.8) is 0 Å². The molecule has 0 saturated carbocycles. The van der Waals surface area contributed by atoms with Crippen molar-refractivity contribution in [2.75, 3.05) is 0 Å². The molecule has 1 aromatic rings. The molecule has 10 heteroatoms. The Kier molecular flexibility index (Phi) is 11.7. The first kappa shape index (κ1) is 33.4. The molecule has 0 bridgehead atoms. The highest BCUT2D eigenvalue weighted by Gasteiger charge is 2.63. The Labute approximate surface area is 248 Å². The lowest BCUT2D eigenvalue weighted by Crippen LogP contribution is -2.45. The number of hydrogen-bond donors (Lipinski definition) is 3. The Morgan fingerprint density at radius 3 is 2.71 bits per heavy atom. The molecule has 3 N–H and O–H groups in total. The number of aromatic nitrogens is 1. The zero-order valence-corrected chi connectivity index (χ0v) is 26.2. The van der Waals surface area contributed by atoms with Gasteiger partial charge in [-0.15, -0.1) is 11.3 Å². The van der Waals surface area contributed by atoms with Crippen LogP contribution in [0, 0.1) is 17.3 Å². The van der Waals surface area contributed by atoms with Gasteiger partial charge in [-0.1, -0.05) is 53.9 Å². The fourth-order valence-corrected chi connectivity index (χ4v) is 6.31. The summed E-state index contributed by atoms with van der Waals surface area (Å²) in [6.07, 6.45) is 4.04. The smallest absolute Gasteiger partial charge is 0.306 e. The van der Waals surface area contributed by atoms with Crippen LogP contribution in [0.4, 0.5) is 0 Å². The molecule has 1 amide bonds. The summed E-state index contributed by atoms with van der Waals surface area (Å²) in [7, 11) is 0. The van der Waals surface area contributed by atoms with Crippen molar-refractivity contribution in [2.24, 2.45) is 17.3 Å². The number of aliphatic hydroxyl groups excluding tert-OH is 1. The van der Waals surface area contributed by atoms with Crippen LogP contribution in [-0.4, -0.2) is 57.0 Å². The van der Waals surface area contributed by atoms with Gasteiger partial charge in [0, 0.05) is 29.6 Å². The molecule has 2 aliphatic rings. The van der Waals surface area contributed by atoms with Gasteiger partial charge in [0.1, 0.15) is 16.9 Å². The van der Waals surface area contributed by atoms with E-state index in [2.05, 4.69) is 17.2 Å². The molecule has 3 rings (SSSR count). The molecule has 3 heterocycles. The number of esters is 1. The van der Waals surface area contributed by atoms with E-state index < -0.39 is 35.5 Å². The maximum absolute atomic E-state index is 13.2. The van der Waals surface area contributed by atoms with Gasteiger partial charge in [-0.2, -0.15) is 0 Å². The van der Waals surface area contributed by atoms with Crippen LogP contribution < -0.4 is 5.32 Å². The zero-order valence-electron chi connectivity index (χ0n) is 25.4. The van der Waals surface area contributed by atoms with Crippen molar-refractivity contribution in [2.45, 2.75) is 130 Å². The van der Waals surface area contributed by atoms with Crippen molar-refractivity contribution < 1.29 is 34.1 Å². The number of unbranched alkanes of at least 4 members (excludes halogenated alkanes) is 1. The van der Waals surface area contributed by atoms with Crippen LogP contribution in [0.3, 0.4) is 0 Å². The third-order valence-electron chi connectivity index (χ3n) is 8.28. The second-order valence-electron chi connectivity index (χ2n) is 12.6. The van der Waals surface area contributed by atoms with Crippen molar-refractivity contribution in [3.8, 4) is 0 Å². The van der Waals surface area contributed by atoms with E-state index in [0.717, 1.165) is 37.1 Å². The van der Waals surface area contributed by atoms with Crippen molar-refractivity contribution in [1.29, 1.82) is 0 Å². The minimum absolute atomic E-state index is 0.00118. The third-order valence-corrected chi connectivity index (χ3v) is 9.15. The second kappa shape index (κ2) is 14.4. The van der Waals surface area contributed by atoms with Gasteiger partial charge >= 0.3 is 5.97 Å². The van der Waals surface area contributed by atoms with Gasteiger partial charge < -0.3 is 25.0 Å². The minimum Gasteiger partial charge on any atom is -0.455 e. The summed E-state index contributed by atoms with van der Waals surface area (Å²) in [6.45, 7) is 11.9. The molecule has 2 aliphatic heterocycles. The Morgan fingerprint density at radius 2 is 2.00 bits per heavy atom. The molecular weight excluding hydrogens is 544 g/mol. The summed E-state index contributed by atoms with van der Waals surface area (Å²) in [5, 5.41) is 27.8. The third kappa shape index (κ3) is 9.17. The average Bonchev–Trinajstić information content (AvgIpc) is 3.37. The van der Waals surface area contributed by atoms with E-state index in [1.54, 1.807) is 13.0 Å². The number of ketones is 1. The number of fused-ring (bicyclic) bond motifs is 1. The zero-order chi connectivity index (χ0) is 30.4. The Hall–Kier alpha value is -2.14. The lowest BCUT2D eigenvalue weighted by Gasteiger charge is -2.29. The lowest BCUT2D eigenvalue weighted by molar-refractivity contribution is -0.165. The maximum Gasteiger partial charge on any atom is 0.306 e. The molecule has 1 aromatic heterocycles. The molecule has 0 radical (unpaired) electrons. The van der Waals surface area contributed by atoms with E-state index in [1.807, 2.05) is 33.1 Å². The summed E-state index contributed by atoms with van der Waals surface area (Å²) >= 11 is 1.39. The number of Topliss-reactive ketones (excluding diaryl/α,β-unsaturated/α-hetero) is 1. The first-order valence-electron chi connectivity index (χ1n) is 15.0. The second-order valence-corrected chi connectivity index (χ2v) is 13.5. The number of nitrogens with one attached hydrogen (secondary N) is 1. The Balaban J connectivity index is 1.78. The van der Waals surface area contributed by atoms with Gasteiger partial charge in [0.15, 0.2) is 12.2 Å². The fourth-order valence-electron chi connectivity index (χ4n) is 5.62. The summed E-state index contributed by atoms with van der Waals surface area (Å²) in [5.74, 6) is -2.05. The van der Waals surface area contributed by atoms with Crippen molar-refractivity contribution >= 4 is 35.1 Å². The van der Waals surface area contributed by atoms with E-state index in [9.17, 15) is 24.6 Å². The topological polar surface area (TPSA) is 138 Å². The molecule has 41 heavy (non-hydrogen) atoms. The van der Waals surface area contributed by atoms with E-state index in [1.165, 1.54) is 11.3 Å². The number of amides is 1. The highest BCUT2D eigenvalue weighted by Crippen LogP contribution is 2.43. The van der Waals surface area contributed by atoms with E-state index >= 15 is 0 Å². The van der Waals surface area contributed by atoms with Crippen LogP contribution in [0.1, 0.15) is 110 Å². The van der Waals surface area contributed by atoms with Crippen LogP contribution in [0.5, 0.6) is 0 Å². The molecule has 0 spiro atoms. The standard InChI is InChI=1S/C31H48N2O7S/c1-7-8-12-24(34)32-17-25-33-22(18-41-25)16-20(3)27-29(37)31(38)23(40-31)11-9-10-19(2)15-21(4)28(36)30(5,6)14-13-26(35)39-27/h16,18-19,21,23,27,29,37-38H,7-15,17H2,1-6H3,(H,32,34). The number of rotatable bonds is 7. The Bertz CT molecular complexity index is 1100. The number of ether oxygens (including phenoxy) is 2. The summed E-state index contributed by atoms with van der Waals surface area (Å²) in [6, 6.07) is 0. The summed E-state index contributed by atoms with van der Waals surface area (Å²) < 4.78 is 11.3. The van der Waals surface area contributed by atoms with Crippen molar-refractivity contribution in [3.05, 3.63) is 21.7 Å². The quantitative estimate of drug-likeness (QED) is 0.299. The number of hydrogen-bond acceptors (Lipinski definition) is 9. The molecule has 0 aromatic carbocycles. The van der Waals surface area contributed by atoms with Gasteiger partial charge in [0.2, 0.25) is 11.7 Å². The highest BCUT2D eigenvalue weighted by atomic mass is 32.1. The molecular formula is C31H48N2O7S. The first-order valence-corrected chi connectivity index (χ1v) is 15.9. The molecule has 2 fully saturated rings. The van der Waals surface area contributed by atoms with E-state index in [4.69, 9.17) is 9.47 Å². The van der Waals surface area contributed by atoms with E-state index in [0.29, 0.717) is 43.0 Å². The largest absolute Gasteiger partial charge is 0.455 e. The number of aliphatic hydroxyl groups is 2. The molecule has 6 atom stereocenters. The monoisotopic (exact) mass is 592 g/mol. The first-order chi connectivity index (χ1) is 19.3. The SMILES string of the molecule is CCCCC(=O)NCc1nc(C=C(C)C2OC(=O)CCC(C)(C)C(=O)C(C)CC(C)CCCC3OC3(O)C2O)cs1. The van der Waals surface area contributed by atoms with Gasteiger partial charge in [-0.25, -0.2) is 4.98 Å². The maximum atomic E-state index is 13.2. The number of carbonyl (C=O) groups is 3. The average molecular weight is 593 g/mol. The minimum atomic E-state index is -1.81. The van der Waals surface area contributed by atoms with Crippen LogP contribution in [0.2, 0.25) is 0 Å². The highest BCUT2D eigenvalue weighted by molar-refractivity contribution is 7.09. The number of carbonyl (C=O) groups excluding carboxylic acids is 3. The number of epoxide rings is 1. The van der Waals surface area contributed by atoms with Crippen LogP contribution in [0.15, 0.2) is 11.0 Å². The molecule has 9 nitrogen and oxygen atoms in total. The van der Waals surface area contributed by atoms with Gasteiger partial charge in [-0.05, 0) is 50.2 Å².